The SMILES string of the molecule is CC(C)NC(=O)C[NH+](C)CC(=O)N[C@](C)(C#N)C(C)C. The molecule has 0 heterocycles. The first-order valence-corrected chi connectivity index (χ1v) is 6.93. The molecule has 3 N–H and O–H groups in total. The number of carbonyl (C=O) groups excluding carboxylic acids is 2. The van der Waals surface area contributed by atoms with E-state index in [0.717, 1.165) is 4.90 Å². The smallest absolute Gasteiger partial charge is 0.276 e. The van der Waals surface area contributed by atoms with Gasteiger partial charge in [-0.15, -0.1) is 0 Å². The molecule has 0 aromatic carbocycles. The van der Waals surface area contributed by atoms with Crippen LogP contribution in [0.3, 0.4) is 0 Å². The summed E-state index contributed by atoms with van der Waals surface area (Å²) in [4.78, 5) is 24.3. The minimum atomic E-state index is -0.877. The molecule has 0 saturated heterocycles. The van der Waals surface area contributed by atoms with Crippen LogP contribution in [-0.2, 0) is 9.59 Å². The van der Waals surface area contributed by atoms with Crippen LogP contribution in [-0.4, -0.2) is 43.5 Å². The van der Waals surface area contributed by atoms with Crippen molar-refractivity contribution in [1.82, 2.24) is 10.6 Å². The van der Waals surface area contributed by atoms with Crippen LogP contribution in [0.4, 0.5) is 0 Å². The predicted octanol–water partition coefficient (Wildman–Crippen LogP) is -0.920. The van der Waals surface area contributed by atoms with E-state index in [1.165, 1.54) is 0 Å². The standard InChI is InChI=1S/C14H26N4O2/c1-10(2)14(5,9-15)17-13(20)8-18(6)7-12(19)16-11(3)4/h10-11H,7-8H2,1-6H3,(H,16,19)(H,17,20)/p+1/t14-/m1/s1. The highest BCUT2D eigenvalue weighted by molar-refractivity contribution is 5.79. The Bertz CT molecular complexity index is 387. The van der Waals surface area contributed by atoms with Crippen molar-refractivity contribution in [3.8, 4) is 6.07 Å². The van der Waals surface area contributed by atoms with Crippen molar-refractivity contribution >= 4 is 11.8 Å². The number of amides is 2. The molecular weight excluding hydrogens is 256 g/mol. The minimum absolute atomic E-state index is 0.0148. The summed E-state index contributed by atoms with van der Waals surface area (Å²) in [7, 11) is 1.78. The van der Waals surface area contributed by atoms with Crippen molar-refractivity contribution in [1.29, 1.82) is 5.26 Å². The molecule has 0 radical (unpaired) electrons. The summed E-state index contributed by atoms with van der Waals surface area (Å²) in [6, 6.07) is 2.22. The van der Waals surface area contributed by atoms with Crippen molar-refractivity contribution in [3.05, 3.63) is 0 Å². The quantitative estimate of drug-likeness (QED) is 0.565. The normalized spacial score (nSPS) is 15.3. The van der Waals surface area contributed by atoms with Gasteiger partial charge in [0.1, 0.15) is 5.54 Å². The maximum Gasteiger partial charge on any atom is 0.276 e. The van der Waals surface area contributed by atoms with Crippen LogP contribution in [0.15, 0.2) is 0 Å². The van der Waals surface area contributed by atoms with E-state index >= 15 is 0 Å². The molecule has 0 fully saturated rings. The van der Waals surface area contributed by atoms with Crippen molar-refractivity contribution in [2.45, 2.75) is 46.2 Å². The zero-order valence-corrected chi connectivity index (χ0v) is 13.3. The molecule has 2 atom stereocenters. The maximum atomic E-state index is 11.9. The summed E-state index contributed by atoms with van der Waals surface area (Å²) >= 11 is 0. The lowest BCUT2D eigenvalue weighted by molar-refractivity contribution is -0.862. The summed E-state index contributed by atoms with van der Waals surface area (Å²) in [6.45, 7) is 9.65. The van der Waals surface area contributed by atoms with Gasteiger partial charge >= 0.3 is 0 Å². The highest BCUT2D eigenvalue weighted by Crippen LogP contribution is 2.14. The van der Waals surface area contributed by atoms with Gasteiger partial charge in [0.2, 0.25) is 0 Å². The van der Waals surface area contributed by atoms with Gasteiger partial charge in [-0.25, -0.2) is 0 Å². The fourth-order valence-corrected chi connectivity index (χ4v) is 1.62. The van der Waals surface area contributed by atoms with E-state index < -0.39 is 5.54 Å². The zero-order valence-electron chi connectivity index (χ0n) is 13.3. The second-order valence-electron chi connectivity index (χ2n) is 6.05. The second-order valence-corrected chi connectivity index (χ2v) is 6.05. The van der Waals surface area contributed by atoms with E-state index in [0.29, 0.717) is 0 Å². The predicted molar refractivity (Wildman–Crippen MR) is 76.9 cm³/mol. The van der Waals surface area contributed by atoms with Crippen molar-refractivity contribution in [2.24, 2.45) is 5.92 Å². The molecule has 0 aliphatic rings. The number of hydrogen-bond donors (Lipinski definition) is 3. The second kappa shape index (κ2) is 7.85. The molecular formula is C14H27N4O2+. The Balaban J connectivity index is 4.34. The Labute approximate surface area is 121 Å². The molecule has 6 heteroatoms. The molecule has 0 aliphatic carbocycles. The average Bonchev–Trinajstić information content (AvgIpc) is 2.26. The van der Waals surface area contributed by atoms with Crippen molar-refractivity contribution in [2.75, 3.05) is 20.1 Å². The number of nitriles is 1. The third kappa shape index (κ3) is 6.53. The molecule has 1 unspecified atom stereocenters. The Hall–Kier alpha value is -1.61. The van der Waals surface area contributed by atoms with Crippen LogP contribution in [0.25, 0.3) is 0 Å². The van der Waals surface area contributed by atoms with E-state index in [2.05, 4.69) is 16.7 Å². The summed E-state index contributed by atoms with van der Waals surface area (Å²) in [5, 5.41) is 14.7. The van der Waals surface area contributed by atoms with E-state index in [1.807, 2.05) is 27.7 Å². The van der Waals surface area contributed by atoms with Gasteiger partial charge in [0, 0.05) is 6.04 Å². The lowest BCUT2D eigenvalue weighted by Gasteiger charge is -2.27. The number of carbonyl (C=O) groups is 2. The van der Waals surface area contributed by atoms with Gasteiger partial charge < -0.3 is 15.5 Å². The first-order valence-electron chi connectivity index (χ1n) is 6.93. The number of quaternary nitrogens is 1. The van der Waals surface area contributed by atoms with Crippen LogP contribution in [0.1, 0.15) is 34.6 Å². The van der Waals surface area contributed by atoms with Crippen molar-refractivity contribution < 1.29 is 14.5 Å². The summed E-state index contributed by atoms with van der Waals surface area (Å²) in [6.07, 6.45) is 0. The number of nitrogens with one attached hydrogen (secondary N) is 3. The maximum absolute atomic E-state index is 11.9. The van der Waals surface area contributed by atoms with Crippen LogP contribution in [0.2, 0.25) is 0 Å². The van der Waals surface area contributed by atoms with Gasteiger partial charge in [-0.1, -0.05) is 13.8 Å². The van der Waals surface area contributed by atoms with Crippen LogP contribution in [0.5, 0.6) is 0 Å². The summed E-state index contributed by atoms with van der Waals surface area (Å²) in [5.74, 6) is -0.296. The molecule has 20 heavy (non-hydrogen) atoms. The van der Waals surface area contributed by atoms with Gasteiger partial charge in [-0.2, -0.15) is 5.26 Å². The lowest BCUT2D eigenvalue weighted by Crippen LogP contribution is -3.11. The topological polar surface area (TPSA) is 86.4 Å². The average molecular weight is 283 g/mol. The fourth-order valence-electron chi connectivity index (χ4n) is 1.62. The Morgan fingerprint density at radius 3 is 2.10 bits per heavy atom. The lowest BCUT2D eigenvalue weighted by atomic mass is 9.90. The first kappa shape index (κ1) is 18.4. The Morgan fingerprint density at radius 1 is 1.20 bits per heavy atom. The third-order valence-corrected chi connectivity index (χ3v) is 3.16. The molecule has 114 valence electrons. The number of hydrogen-bond acceptors (Lipinski definition) is 3. The van der Waals surface area contributed by atoms with E-state index in [1.54, 1.807) is 14.0 Å². The van der Waals surface area contributed by atoms with Crippen LogP contribution < -0.4 is 15.5 Å². The van der Waals surface area contributed by atoms with Gasteiger partial charge in [0.25, 0.3) is 11.8 Å². The van der Waals surface area contributed by atoms with Crippen LogP contribution >= 0.6 is 0 Å². The fraction of sp³-hybridized carbons (Fsp3) is 0.786. The highest BCUT2D eigenvalue weighted by Gasteiger charge is 2.30. The Morgan fingerprint density at radius 2 is 1.70 bits per heavy atom. The zero-order chi connectivity index (χ0) is 15.9. The molecule has 0 aromatic heterocycles. The van der Waals surface area contributed by atoms with Gasteiger partial charge in [-0.05, 0) is 26.7 Å². The van der Waals surface area contributed by atoms with E-state index in [9.17, 15) is 9.59 Å². The largest absolute Gasteiger partial charge is 0.349 e. The number of nitrogens with zero attached hydrogens (tertiary/aromatic N) is 1. The first-order chi connectivity index (χ1) is 9.10. The molecule has 0 aliphatic heterocycles. The van der Waals surface area contributed by atoms with Gasteiger partial charge in [-0.3, -0.25) is 9.59 Å². The highest BCUT2D eigenvalue weighted by atomic mass is 16.2. The molecule has 0 saturated carbocycles. The number of rotatable bonds is 7. The molecule has 0 aromatic rings. The monoisotopic (exact) mass is 283 g/mol. The third-order valence-electron chi connectivity index (χ3n) is 3.16. The van der Waals surface area contributed by atoms with Crippen LogP contribution in [0, 0.1) is 17.2 Å². The number of likely N-dealkylation sites (N-methyl/N-ethyl adjacent to an activating group) is 1. The van der Waals surface area contributed by atoms with E-state index in [-0.39, 0.29) is 36.9 Å². The molecule has 2 amide bonds. The molecule has 6 nitrogen and oxygen atoms in total. The summed E-state index contributed by atoms with van der Waals surface area (Å²) in [5.41, 5.74) is -0.877. The van der Waals surface area contributed by atoms with Crippen molar-refractivity contribution in [3.63, 3.8) is 0 Å². The van der Waals surface area contributed by atoms with Gasteiger partial charge in [0.05, 0.1) is 13.1 Å². The summed E-state index contributed by atoms with van der Waals surface area (Å²) < 4.78 is 0. The molecule has 0 rings (SSSR count). The van der Waals surface area contributed by atoms with E-state index in [4.69, 9.17) is 5.26 Å². The molecule has 0 bridgehead atoms. The van der Waals surface area contributed by atoms with Gasteiger partial charge in [0.15, 0.2) is 13.1 Å². The Kier molecular flexibility index (Phi) is 7.22. The minimum Gasteiger partial charge on any atom is -0.349 e. The molecule has 0 spiro atoms.